The maximum absolute atomic E-state index is 12.0. The maximum atomic E-state index is 12.0. The minimum Gasteiger partial charge on any atom is -0.306 e. The number of hydrogen-bond acceptors (Lipinski definition) is 4. The van der Waals surface area contributed by atoms with Crippen LogP contribution >= 0.6 is 11.6 Å². The lowest BCUT2D eigenvalue weighted by atomic mass is 10.1. The molecule has 0 atom stereocenters. The first-order valence-electron chi connectivity index (χ1n) is 6.51. The highest BCUT2D eigenvalue weighted by Gasteiger charge is 2.07. The topological polar surface area (TPSA) is 67.8 Å². The molecule has 2 aromatic heterocycles. The Morgan fingerprint density at radius 1 is 1.00 bits per heavy atom. The summed E-state index contributed by atoms with van der Waals surface area (Å²) in [5.74, 6) is 0.156. The minimum absolute atomic E-state index is 0.302. The molecule has 3 rings (SSSR count). The lowest BCUT2D eigenvalue weighted by Gasteiger charge is -2.06. The molecule has 1 N–H and O–H groups in total. The molecule has 0 aliphatic rings. The van der Waals surface area contributed by atoms with Gasteiger partial charge in [0.05, 0.1) is 5.56 Å². The van der Waals surface area contributed by atoms with Gasteiger partial charge >= 0.3 is 0 Å². The Labute approximate surface area is 132 Å². The van der Waals surface area contributed by atoms with Gasteiger partial charge in [0, 0.05) is 29.2 Å². The molecule has 5 nitrogen and oxygen atoms in total. The molecule has 3 aromatic rings. The Morgan fingerprint density at radius 3 is 2.50 bits per heavy atom. The number of carbonyl (C=O) groups excluding carboxylic acids is 1. The van der Waals surface area contributed by atoms with Crippen molar-refractivity contribution in [3.63, 3.8) is 0 Å². The number of hydrogen-bond donors (Lipinski definition) is 1. The van der Waals surface area contributed by atoms with Gasteiger partial charge in [-0.1, -0.05) is 23.7 Å². The molecule has 0 saturated carbocycles. The molecular formula is C16H11ClN4O. The van der Waals surface area contributed by atoms with Crippen molar-refractivity contribution in [3.05, 3.63) is 71.9 Å². The molecule has 0 bridgehead atoms. The van der Waals surface area contributed by atoms with Crippen LogP contribution in [0.2, 0.25) is 5.02 Å². The smallest absolute Gasteiger partial charge is 0.259 e. The summed E-state index contributed by atoms with van der Waals surface area (Å²) in [4.78, 5) is 23.8. The normalized spacial score (nSPS) is 10.2. The quantitative estimate of drug-likeness (QED) is 0.804. The molecule has 0 fully saturated rings. The van der Waals surface area contributed by atoms with Crippen molar-refractivity contribution in [3.8, 4) is 11.1 Å². The number of nitrogens with zero attached hydrogens (tertiary/aromatic N) is 3. The number of aromatic nitrogens is 3. The van der Waals surface area contributed by atoms with Gasteiger partial charge in [-0.3, -0.25) is 4.79 Å². The van der Waals surface area contributed by atoms with E-state index in [1.165, 1.54) is 18.7 Å². The van der Waals surface area contributed by atoms with Crippen LogP contribution in [0.3, 0.4) is 0 Å². The van der Waals surface area contributed by atoms with Crippen LogP contribution in [0, 0.1) is 0 Å². The van der Waals surface area contributed by atoms with Crippen LogP contribution in [-0.4, -0.2) is 20.9 Å². The van der Waals surface area contributed by atoms with Crippen LogP contribution in [0.4, 0.5) is 5.82 Å². The fraction of sp³-hybridized carbons (Fsp3) is 0. The van der Waals surface area contributed by atoms with Gasteiger partial charge in [-0.15, -0.1) is 0 Å². The molecule has 0 saturated heterocycles. The summed E-state index contributed by atoms with van der Waals surface area (Å²) < 4.78 is 0. The number of carbonyl (C=O) groups is 1. The Bertz CT molecular complexity index is 791. The van der Waals surface area contributed by atoms with Gasteiger partial charge in [0.1, 0.15) is 12.1 Å². The molecule has 0 spiro atoms. The van der Waals surface area contributed by atoms with E-state index >= 15 is 0 Å². The van der Waals surface area contributed by atoms with E-state index in [9.17, 15) is 4.79 Å². The third-order valence-corrected chi connectivity index (χ3v) is 3.22. The lowest BCUT2D eigenvalue weighted by molar-refractivity contribution is 0.102. The Morgan fingerprint density at radius 2 is 1.82 bits per heavy atom. The average molecular weight is 311 g/mol. The number of nitrogens with one attached hydrogen (secondary N) is 1. The largest absolute Gasteiger partial charge is 0.306 e. The molecule has 108 valence electrons. The minimum atomic E-state index is -0.302. The monoisotopic (exact) mass is 310 g/mol. The molecular weight excluding hydrogens is 300 g/mol. The number of pyridine rings is 1. The highest BCUT2D eigenvalue weighted by atomic mass is 35.5. The summed E-state index contributed by atoms with van der Waals surface area (Å²) >= 11 is 5.97. The molecule has 6 heteroatoms. The van der Waals surface area contributed by atoms with Crippen LogP contribution in [0.5, 0.6) is 0 Å². The zero-order valence-electron chi connectivity index (χ0n) is 11.4. The standard InChI is InChI=1S/C16H11ClN4O/c17-14-3-1-2-11(6-14)12-4-5-15(20-9-12)21-16(22)13-7-18-10-19-8-13/h1-10H,(H,20,21,22). The van der Waals surface area contributed by atoms with Crippen molar-refractivity contribution in [2.24, 2.45) is 0 Å². The van der Waals surface area contributed by atoms with Crippen molar-refractivity contribution in [1.82, 2.24) is 15.0 Å². The second-order valence-corrected chi connectivity index (χ2v) is 4.96. The van der Waals surface area contributed by atoms with E-state index < -0.39 is 0 Å². The van der Waals surface area contributed by atoms with Crippen LogP contribution in [-0.2, 0) is 0 Å². The van der Waals surface area contributed by atoms with E-state index in [-0.39, 0.29) is 5.91 Å². The predicted octanol–water partition coefficient (Wildman–Crippen LogP) is 3.44. The van der Waals surface area contributed by atoms with E-state index in [0.717, 1.165) is 11.1 Å². The first-order chi connectivity index (χ1) is 10.7. The van der Waals surface area contributed by atoms with E-state index in [1.54, 1.807) is 12.3 Å². The van der Waals surface area contributed by atoms with E-state index in [2.05, 4.69) is 20.3 Å². The van der Waals surface area contributed by atoms with E-state index in [1.807, 2.05) is 30.3 Å². The fourth-order valence-corrected chi connectivity index (χ4v) is 2.10. The third kappa shape index (κ3) is 3.27. The molecule has 0 unspecified atom stereocenters. The highest BCUT2D eigenvalue weighted by molar-refractivity contribution is 6.30. The second kappa shape index (κ2) is 6.32. The Kier molecular flexibility index (Phi) is 4.07. The van der Waals surface area contributed by atoms with Crippen LogP contribution in [0.1, 0.15) is 10.4 Å². The van der Waals surface area contributed by atoms with Crippen LogP contribution in [0.25, 0.3) is 11.1 Å². The maximum Gasteiger partial charge on any atom is 0.259 e. The molecule has 22 heavy (non-hydrogen) atoms. The van der Waals surface area contributed by atoms with Gasteiger partial charge in [0.15, 0.2) is 0 Å². The molecule has 1 aromatic carbocycles. The molecule has 0 radical (unpaired) electrons. The van der Waals surface area contributed by atoms with Crippen LogP contribution < -0.4 is 5.32 Å². The van der Waals surface area contributed by atoms with Crippen molar-refractivity contribution in [2.75, 3.05) is 5.32 Å². The van der Waals surface area contributed by atoms with Gasteiger partial charge in [0.2, 0.25) is 0 Å². The summed E-state index contributed by atoms with van der Waals surface area (Å²) in [5, 5.41) is 3.36. The van der Waals surface area contributed by atoms with E-state index in [0.29, 0.717) is 16.4 Å². The zero-order valence-corrected chi connectivity index (χ0v) is 12.2. The van der Waals surface area contributed by atoms with E-state index in [4.69, 9.17) is 11.6 Å². The summed E-state index contributed by atoms with van der Waals surface area (Å²) in [7, 11) is 0. The Balaban J connectivity index is 1.76. The number of benzene rings is 1. The summed E-state index contributed by atoms with van der Waals surface area (Å²) in [6, 6.07) is 11.1. The molecule has 1 amide bonds. The summed E-state index contributed by atoms with van der Waals surface area (Å²) in [5.41, 5.74) is 2.26. The fourth-order valence-electron chi connectivity index (χ4n) is 1.91. The van der Waals surface area contributed by atoms with Gasteiger partial charge in [0.25, 0.3) is 5.91 Å². The Hall–Kier alpha value is -2.79. The number of anilines is 1. The zero-order chi connectivity index (χ0) is 15.4. The number of halogens is 1. The first kappa shape index (κ1) is 14.2. The van der Waals surface area contributed by atoms with Gasteiger partial charge < -0.3 is 5.32 Å². The summed E-state index contributed by atoms with van der Waals surface area (Å²) in [6.45, 7) is 0. The second-order valence-electron chi connectivity index (χ2n) is 4.52. The molecule has 0 aliphatic heterocycles. The first-order valence-corrected chi connectivity index (χ1v) is 6.88. The number of rotatable bonds is 3. The van der Waals surface area contributed by atoms with Crippen molar-refractivity contribution in [2.45, 2.75) is 0 Å². The van der Waals surface area contributed by atoms with Gasteiger partial charge in [-0.2, -0.15) is 0 Å². The molecule has 2 heterocycles. The predicted molar refractivity (Wildman–Crippen MR) is 84.7 cm³/mol. The van der Waals surface area contributed by atoms with Gasteiger partial charge in [-0.05, 0) is 29.8 Å². The SMILES string of the molecule is O=C(Nc1ccc(-c2cccc(Cl)c2)cn1)c1cncnc1. The third-order valence-electron chi connectivity index (χ3n) is 2.99. The lowest BCUT2D eigenvalue weighted by Crippen LogP contribution is -2.13. The molecule has 0 aliphatic carbocycles. The van der Waals surface area contributed by atoms with Crippen molar-refractivity contribution >= 4 is 23.3 Å². The number of amides is 1. The highest BCUT2D eigenvalue weighted by Crippen LogP contribution is 2.22. The van der Waals surface area contributed by atoms with Crippen molar-refractivity contribution < 1.29 is 4.79 Å². The summed E-state index contributed by atoms with van der Waals surface area (Å²) in [6.07, 6.45) is 5.95. The average Bonchev–Trinajstić information content (AvgIpc) is 2.56. The van der Waals surface area contributed by atoms with Crippen molar-refractivity contribution in [1.29, 1.82) is 0 Å². The van der Waals surface area contributed by atoms with Gasteiger partial charge in [-0.25, -0.2) is 15.0 Å². The van der Waals surface area contributed by atoms with Crippen LogP contribution in [0.15, 0.2) is 61.3 Å².